The molecule has 2 amide bonds. The van der Waals surface area contributed by atoms with Gasteiger partial charge in [-0.25, -0.2) is 0 Å². The molecule has 2 aromatic carbocycles. The minimum atomic E-state index is -0.583. The molecule has 0 fully saturated rings. The molecule has 6 heteroatoms. The van der Waals surface area contributed by atoms with Gasteiger partial charge in [0.1, 0.15) is 11.8 Å². The van der Waals surface area contributed by atoms with Crippen LogP contribution >= 0.6 is 15.9 Å². The lowest BCUT2D eigenvalue weighted by Gasteiger charge is -2.29. The number of hydrogen-bond donors (Lipinski definition) is 1. The summed E-state index contributed by atoms with van der Waals surface area (Å²) in [6.07, 6.45) is 0.668. The average Bonchev–Trinajstić information content (AvgIpc) is 2.77. The molecule has 0 bridgehead atoms. The first-order valence-electron chi connectivity index (χ1n) is 11.2. The number of benzene rings is 2. The molecule has 32 heavy (non-hydrogen) atoms. The number of amides is 2. The van der Waals surface area contributed by atoms with Gasteiger partial charge in [-0.1, -0.05) is 64.1 Å². The van der Waals surface area contributed by atoms with Crippen LogP contribution < -0.4 is 10.1 Å². The molecule has 174 valence electrons. The molecule has 2 aromatic rings. The molecule has 1 N–H and O–H groups in total. The summed E-state index contributed by atoms with van der Waals surface area (Å²) in [4.78, 5) is 27.4. The standard InChI is InChI=1S/C26H35BrN2O3/c1-18(2)16-28-26(31)20(5)29(14-13-21-9-7-6-8-10-21)25(30)17-32-24-12-11-22(19(3)4)15-23(24)27/h6-12,15,18-20H,13-14,16-17H2,1-5H3,(H,28,31)/t20-/m1/s1. The van der Waals surface area contributed by atoms with Crippen LogP contribution in [0.1, 0.15) is 51.7 Å². The largest absolute Gasteiger partial charge is 0.483 e. The van der Waals surface area contributed by atoms with Crippen LogP contribution in [-0.2, 0) is 16.0 Å². The quantitative estimate of drug-likeness (QED) is 0.460. The first-order chi connectivity index (χ1) is 15.2. The number of ether oxygens (including phenoxy) is 1. The van der Waals surface area contributed by atoms with Crippen molar-refractivity contribution in [2.75, 3.05) is 19.7 Å². The van der Waals surface area contributed by atoms with Crippen LogP contribution in [0.15, 0.2) is 53.0 Å². The van der Waals surface area contributed by atoms with Gasteiger partial charge in [-0.3, -0.25) is 9.59 Å². The maximum Gasteiger partial charge on any atom is 0.261 e. The molecule has 0 saturated carbocycles. The summed E-state index contributed by atoms with van der Waals surface area (Å²) in [5.41, 5.74) is 2.31. The summed E-state index contributed by atoms with van der Waals surface area (Å²) in [6, 6.07) is 15.3. The summed E-state index contributed by atoms with van der Waals surface area (Å²) in [5.74, 6) is 0.994. The smallest absolute Gasteiger partial charge is 0.261 e. The topological polar surface area (TPSA) is 58.6 Å². The first kappa shape index (κ1) is 25.9. The van der Waals surface area contributed by atoms with Gasteiger partial charge in [-0.15, -0.1) is 0 Å². The lowest BCUT2D eigenvalue weighted by atomic mass is 10.0. The Labute approximate surface area is 200 Å². The highest BCUT2D eigenvalue weighted by atomic mass is 79.9. The Hall–Kier alpha value is -2.34. The lowest BCUT2D eigenvalue weighted by Crippen LogP contribution is -2.50. The zero-order valence-corrected chi connectivity index (χ0v) is 21.3. The third-order valence-electron chi connectivity index (χ3n) is 5.31. The highest BCUT2D eigenvalue weighted by Crippen LogP contribution is 2.29. The van der Waals surface area contributed by atoms with E-state index in [1.807, 2.05) is 62.4 Å². The van der Waals surface area contributed by atoms with Crippen molar-refractivity contribution in [1.29, 1.82) is 0 Å². The van der Waals surface area contributed by atoms with Crippen LogP contribution in [0.3, 0.4) is 0 Å². The fraction of sp³-hybridized carbons (Fsp3) is 0.462. The molecule has 0 spiro atoms. The minimum absolute atomic E-state index is 0.129. The Morgan fingerprint density at radius 1 is 1.03 bits per heavy atom. The van der Waals surface area contributed by atoms with Crippen LogP contribution in [0.4, 0.5) is 0 Å². The van der Waals surface area contributed by atoms with E-state index in [4.69, 9.17) is 4.74 Å². The Morgan fingerprint density at radius 2 is 1.72 bits per heavy atom. The first-order valence-corrected chi connectivity index (χ1v) is 12.0. The summed E-state index contributed by atoms with van der Waals surface area (Å²) in [5, 5.41) is 2.93. The number of carbonyl (C=O) groups excluding carboxylic acids is 2. The Kier molecular flexibility index (Phi) is 10.2. The van der Waals surface area contributed by atoms with Gasteiger partial charge >= 0.3 is 0 Å². The molecule has 0 aliphatic carbocycles. The van der Waals surface area contributed by atoms with E-state index < -0.39 is 6.04 Å². The van der Waals surface area contributed by atoms with E-state index in [1.165, 1.54) is 5.56 Å². The monoisotopic (exact) mass is 502 g/mol. The zero-order chi connectivity index (χ0) is 23.7. The van der Waals surface area contributed by atoms with Crippen LogP contribution in [0, 0.1) is 5.92 Å². The fourth-order valence-electron chi connectivity index (χ4n) is 3.24. The van der Waals surface area contributed by atoms with Crippen LogP contribution in [0.5, 0.6) is 5.75 Å². The van der Waals surface area contributed by atoms with Gasteiger partial charge in [0.05, 0.1) is 4.47 Å². The maximum absolute atomic E-state index is 13.1. The molecule has 0 heterocycles. The molecule has 0 aromatic heterocycles. The van der Waals surface area contributed by atoms with Gasteiger partial charge in [0, 0.05) is 13.1 Å². The molecular formula is C26H35BrN2O3. The van der Waals surface area contributed by atoms with E-state index >= 15 is 0 Å². The SMILES string of the molecule is CC(C)CNC(=O)[C@@H](C)N(CCc1ccccc1)C(=O)COc1ccc(C(C)C)cc1Br. The van der Waals surface area contributed by atoms with E-state index in [-0.39, 0.29) is 18.4 Å². The number of nitrogens with zero attached hydrogens (tertiary/aromatic N) is 1. The number of carbonyl (C=O) groups is 2. The second kappa shape index (κ2) is 12.6. The van der Waals surface area contributed by atoms with E-state index in [0.29, 0.717) is 37.1 Å². The molecule has 2 rings (SSSR count). The van der Waals surface area contributed by atoms with Crippen LogP contribution in [-0.4, -0.2) is 42.5 Å². The highest BCUT2D eigenvalue weighted by Gasteiger charge is 2.26. The maximum atomic E-state index is 13.1. The van der Waals surface area contributed by atoms with Gasteiger partial charge < -0.3 is 15.0 Å². The van der Waals surface area contributed by atoms with Crippen LogP contribution in [0.2, 0.25) is 0 Å². The third-order valence-corrected chi connectivity index (χ3v) is 5.93. The van der Waals surface area contributed by atoms with Crippen molar-refractivity contribution < 1.29 is 14.3 Å². The van der Waals surface area contributed by atoms with Crippen molar-refractivity contribution in [2.24, 2.45) is 5.92 Å². The zero-order valence-electron chi connectivity index (χ0n) is 19.7. The molecular weight excluding hydrogens is 468 g/mol. The van der Waals surface area contributed by atoms with E-state index in [1.54, 1.807) is 11.8 Å². The molecule has 1 atom stereocenters. The summed E-state index contributed by atoms with van der Waals surface area (Å²) < 4.78 is 6.64. The average molecular weight is 503 g/mol. The molecule has 0 radical (unpaired) electrons. The number of hydrogen-bond acceptors (Lipinski definition) is 3. The van der Waals surface area contributed by atoms with Gasteiger partial charge in [-0.2, -0.15) is 0 Å². The van der Waals surface area contributed by atoms with Gasteiger partial charge in [0.25, 0.3) is 5.91 Å². The van der Waals surface area contributed by atoms with E-state index in [0.717, 1.165) is 10.0 Å². The summed E-state index contributed by atoms with van der Waals surface area (Å²) in [6.45, 7) is 11.0. The number of nitrogens with one attached hydrogen (secondary N) is 1. The van der Waals surface area contributed by atoms with E-state index in [2.05, 4.69) is 35.1 Å². The van der Waals surface area contributed by atoms with Crippen molar-refractivity contribution in [3.8, 4) is 5.75 Å². The molecule has 0 aliphatic heterocycles. The van der Waals surface area contributed by atoms with Gasteiger partial charge in [-0.05, 0) is 64.4 Å². The normalized spacial score (nSPS) is 12.0. The summed E-state index contributed by atoms with van der Waals surface area (Å²) >= 11 is 3.54. The van der Waals surface area contributed by atoms with Crippen LogP contribution in [0.25, 0.3) is 0 Å². The van der Waals surface area contributed by atoms with Crippen molar-refractivity contribution in [2.45, 2.75) is 53.0 Å². The Balaban J connectivity index is 2.09. The second-order valence-corrected chi connectivity index (χ2v) is 9.63. The number of rotatable bonds is 11. The van der Waals surface area contributed by atoms with Crippen molar-refractivity contribution in [3.05, 3.63) is 64.1 Å². The van der Waals surface area contributed by atoms with Gasteiger partial charge in [0.2, 0.25) is 5.91 Å². The predicted molar refractivity (Wildman–Crippen MR) is 133 cm³/mol. The fourth-order valence-corrected chi connectivity index (χ4v) is 3.75. The predicted octanol–water partition coefficient (Wildman–Crippen LogP) is 5.18. The van der Waals surface area contributed by atoms with Crippen molar-refractivity contribution in [1.82, 2.24) is 10.2 Å². The second-order valence-electron chi connectivity index (χ2n) is 8.77. The van der Waals surface area contributed by atoms with E-state index in [9.17, 15) is 9.59 Å². The molecule has 5 nitrogen and oxygen atoms in total. The third kappa shape index (κ3) is 7.97. The van der Waals surface area contributed by atoms with Crippen molar-refractivity contribution >= 4 is 27.7 Å². The van der Waals surface area contributed by atoms with Crippen molar-refractivity contribution in [3.63, 3.8) is 0 Å². The molecule has 0 aliphatic rings. The minimum Gasteiger partial charge on any atom is -0.483 e. The van der Waals surface area contributed by atoms with Gasteiger partial charge in [0.15, 0.2) is 6.61 Å². The lowest BCUT2D eigenvalue weighted by molar-refractivity contribution is -0.141. The highest BCUT2D eigenvalue weighted by molar-refractivity contribution is 9.10. The summed E-state index contributed by atoms with van der Waals surface area (Å²) in [7, 11) is 0. The Bertz CT molecular complexity index is 884. The molecule has 0 unspecified atom stereocenters. The number of halogens is 1. The Morgan fingerprint density at radius 3 is 2.31 bits per heavy atom. The molecule has 0 saturated heterocycles.